The lowest BCUT2D eigenvalue weighted by Gasteiger charge is -2.25. The molecule has 2 heterocycles. The molecule has 25 heavy (non-hydrogen) atoms. The Balaban J connectivity index is 1.84. The van der Waals surface area contributed by atoms with Crippen LogP contribution in [0.4, 0.5) is 0 Å². The summed E-state index contributed by atoms with van der Waals surface area (Å²) >= 11 is 0. The largest absolute Gasteiger partial charge is 0.480 e. The predicted molar refractivity (Wildman–Crippen MR) is 102 cm³/mol. The number of methoxy groups -OCH3 is 1. The second-order valence-corrected chi connectivity index (χ2v) is 6.88. The summed E-state index contributed by atoms with van der Waals surface area (Å²) in [5.41, 5.74) is 5.67. The average Bonchev–Trinajstić information content (AvgIpc) is 2.60. The van der Waals surface area contributed by atoms with Crippen molar-refractivity contribution in [3.63, 3.8) is 0 Å². The summed E-state index contributed by atoms with van der Waals surface area (Å²) < 4.78 is 5.57. The van der Waals surface area contributed by atoms with Crippen LogP contribution in [0, 0.1) is 0 Å². The third-order valence-corrected chi connectivity index (χ3v) is 5.23. The summed E-state index contributed by atoms with van der Waals surface area (Å²) in [7, 11) is 1.68. The molecule has 3 nitrogen and oxygen atoms in total. The monoisotopic (exact) mass is 332 g/mol. The van der Waals surface area contributed by atoms with Gasteiger partial charge in [-0.1, -0.05) is 44.0 Å². The third kappa shape index (κ3) is 2.99. The number of aromatic nitrogens is 2. The number of ether oxygens (including phenoxy) is 1. The fraction of sp³-hybridized carbons (Fsp3) is 0.364. The van der Waals surface area contributed by atoms with Gasteiger partial charge >= 0.3 is 0 Å². The van der Waals surface area contributed by atoms with Gasteiger partial charge in [0.1, 0.15) is 0 Å². The van der Waals surface area contributed by atoms with Crippen molar-refractivity contribution in [2.45, 2.75) is 44.9 Å². The van der Waals surface area contributed by atoms with Gasteiger partial charge in [-0.05, 0) is 48.4 Å². The number of aryl methyl sites for hydroxylation is 1. The summed E-state index contributed by atoms with van der Waals surface area (Å²) in [6.45, 7) is 2.18. The van der Waals surface area contributed by atoms with Crippen LogP contribution in [0.25, 0.3) is 22.0 Å². The van der Waals surface area contributed by atoms with E-state index in [1.807, 2.05) is 6.20 Å². The highest BCUT2D eigenvalue weighted by Gasteiger charge is 2.20. The van der Waals surface area contributed by atoms with E-state index >= 15 is 0 Å². The van der Waals surface area contributed by atoms with Crippen molar-refractivity contribution in [1.29, 1.82) is 0 Å². The Morgan fingerprint density at radius 3 is 2.52 bits per heavy atom. The minimum atomic E-state index is 0.644. The van der Waals surface area contributed by atoms with Gasteiger partial charge in [-0.2, -0.15) is 0 Å². The van der Waals surface area contributed by atoms with Crippen molar-refractivity contribution in [2.24, 2.45) is 0 Å². The molecule has 2 aromatic heterocycles. The lowest BCUT2D eigenvalue weighted by Crippen LogP contribution is -2.08. The minimum absolute atomic E-state index is 0.644. The zero-order chi connectivity index (χ0) is 17.2. The maximum absolute atomic E-state index is 5.57. The first kappa shape index (κ1) is 16.1. The quantitative estimate of drug-likeness (QED) is 0.616. The SMILES string of the molecule is CCCc1ccc2cnc(OC)c(-c3ccc(C4CCC4)cc3)c2n1. The Hall–Kier alpha value is -2.42. The zero-order valence-electron chi connectivity index (χ0n) is 15.0. The van der Waals surface area contributed by atoms with Crippen molar-refractivity contribution >= 4 is 10.9 Å². The Labute approximate surface area is 149 Å². The number of rotatable bonds is 5. The Morgan fingerprint density at radius 1 is 1.08 bits per heavy atom. The number of benzene rings is 1. The molecule has 0 spiro atoms. The van der Waals surface area contributed by atoms with Crippen molar-refractivity contribution < 1.29 is 4.74 Å². The van der Waals surface area contributed by atoms with Gasteiger partial charge in [0, 0.05) is 17.3 Å². The minimum Gasteiger partial charge on any atom is -0.480 e. The van der Waals surface area contributed by atoms with Crippen molar-refractivity contribution in [3.05, 3.63) is 53.9 Å². The molecule has 0 atom stereocenters. The third-order valence-electron chi connectivity index (χ3n) is 5.23. The fourth-order valence-electron chi connectivity index (χ4n) is 3.58. The summed E-state index contributed by atoms with van der Waals surface area (Å²) in [4.78, 5) is 9.41. The number of pyridine rings is 2. The van der Waals surface area contributed by atoms with Crippen LogP contribution in [-0.4, -0.2) is 17.1 Å². The molecule has 0 unspecified atom stereocenters. The van der Waals surface area contributed by atoms with Gasteiger partial charge in [0.25, 0.3) is 0 Å². The van der Waals surface area contributed by atoms with Gasteiger partial charge in [-0.25, -0.2) is 4.98 Å². The molecule has 0 aliphatic heterocycles. The highest BCUT2D eigenvalue weighted by molar-refractivity contribution is 5.95. The van der Waals surface area contributed by atoms with Crippen molar-refractivity contribution in [1.82, 2.24) is 9.97 Å². The van der Waals surface area contributed by atoms with Gasteiger partial charge in [-0.15, -0.1) is 0 Å². The number of fused-ring (bicyclic) bond motifs is 1. The lowest BCUT2D eigenvalue weighted by molar-refractivity contribution is 0.400. The Bertz CT molecular complexity index is 882. The Morgan fingerprint density at radius 2 is 1.88 bits per heavy atom. The van der Waals surface area contributed by atoms with E-state index in [0.29, 0.717) is 5.88 Å². The summed E-state index contributed by atoms with van der Waals surface area (Å²) in [5, 5.41) is 1.05. The van der Waals surface area contributed by atoms with Crippen LogP contribution >= 0.6 is 0 Å². The first-order valence-electron chi connectivity index (χ1n) is 9.23. The van der Waals surface area contributed by atoms with Crippen LogP contribution in [-0.2, 0) is 6.42 Å². The molecule has 3 heteroatoms. The molecule has 0 saturated heterocycles. The lowest BCUT2D eigenvalue weighted by atomic mass is 9.80. The molecule has 1 aliphatic carbocycles. The standard InChI is InChI=1S/C22H24N2O/c1-3-5-19-13-12-18-14-23-22(25-2)20(21(18)24-19)17-10-8-16(9-11-17)15-6-4-7-15/h8-15H,3-7H2,1-2H3. The second kappa shape index (κ2) is 6.83. The van der Waals surface area contributed by atoms with Crippen molar-refractivity contribution in [3.8, 4) is 17.0 Å². The van der Waals surface area contributed by atoms with Gasteiger partial charge in [-0.3, -0.25) is 4.98 Å². The maximum Gasteiger partial charge on any atom is 0.223 e. The van der Waals surface area contributed by atoms with Crippen LogP contribution in [0.5, 0.6) is 5.88 Å². The molecule has 128 valence electrons. The summed E-state index contributed by atoms with van der Waals surface area (Å²) in [6, 6.07) is 13.1. The van der Waals surface area contributed by atoms with E-state index in [1.54, 1.807) is 7.11 Å². The predicted octanol–water partition coefficient (Wildman–Crippen LogP) is 5.53. The van der Waals surface area contributed by atoms with Crippen molar-refractivity contribution in [2.75, 3.05) is 7.11 Å². The first-order valence-corrected chi connectivity index (χ1v) is 9.23. The molecule has 3 aromatic rings. The molecule has 4 rings (SSSR count). The smallest absolute Gasteiger partial charge is 0.223 e. The van der Waals surface area contributed by atoms with Gasteiger partial charge in [0.05, 0.1) is 18.2 Å². The van der Waals surface area contributed by atoms with Crippen LogP contribution in [0.1, 0.15) is 49.8 Å². The number of nitrogens with zero attached hydrogens (tertiary/aromatic N) is 2. The topological polar surface area (TPSA) is 35.0 Å². The van der Waals surface area contributed by atoms with E-state index in [1.165, 1.54) is 24.8 Å². The highest BCUT2D eigenvalue weighted by atomic mass is 16.5. The molecule has 0 radical (unpaired) electrons. The molecule has 1 aliphatic rings. The number of hydrogen-bond acceptors (Lipinski definition) is 3. The van der Waals surface area contributed by atoms with Gasteiger partial charge < -0.3 is 4.74 Å². The van der Waals surface area contributed by atoms with E-state index < -0.39 is 0 Å². The zero-order valence-corrected chi connectivity index (χ0v) is 15.0. The van der Waals surface area contributed by atoms with Gasteiger partial charge in [0.2, 0.25) is 5.88 Å². The normalized spacial score (nSPS) is 14.5. The van der Waals surface area contributed by atoms with E-state index in [4.69, 9.17) is 9.72 Å². The molecule has 1 aromatic carbocycles. The molecule has 0 bridgehead atoms. The van der Waals surface area contributed by atoms with E-state index in [2.05, 4.69) is 48.3 Å². The Kier molecular flexibility index (Phi) is 4.39. The van der Waals surface area contributed by atoms with E-state index in [-0.39, 0.29) is 0 Å². The molecule has 1 saturated carbocycles. The molecular weight excluding hydrogens is 308 g/mol. The van der Waals surface area contributed by atoms with E-state index in [9.17, 15) is 0 Å². The number of hydrogen-bond donors (Lipinski definition) is 0. The van der Waals surface area contributed by atoms with Crippen LogP contribution in [0.2, 0.25) is 0 Å². The second-order valence-electron chi connectivity index (χ2n) is 6.88. The highest BCUT2D eigenvalue weighted by Crippen LogP contribution is 2.39. The maximum atomic E-state index is 5.57. The van der Waals surface area contributed by atoms with Gasteiger partial charge in [0.15, 0.2) is 0 Å². The fourth-order valence-corrected chi connectivity index (χ4v) is 3.58. The van der Waals surface area contributed by atoms with Crippen LogP contribution in [0.15, 0.2) is 42.6 Å². The molecular formula is C22H24N2O. The van der Waals surface area contributed by atoms with Crippen LogP contribution < -0.4 is 4.74 Å². The van der Waals surface area contributed by atoms with Crippen LogP contribution in [0.3, 0.4) is 0 Å². The molecule has 1 fully saturated rings. The summed E-state index contributed by atoms with van der Waals surface area (Å²) in [5.74, 6) is 1.39. The molecule has 0 N–H and O–H groups in total. The van der Waals surface area contributed by atoms with E-state index in [0.717, 1.165) is 46.5 Å². The first-order chi connectivity index (χ1) is 12.3. The molecule has 0 amide bonds. The average molecular weight is 332 g/mol. The summed E-state index contributed by atoms with van der Waals surface area (Å²) in [6.07, 6.45) is 7.92.